The summed E-state index contributed by atoms with van der Waals surface area (Å²) in [6, 6.07) is 12.4. The number of amides is 1. The highest BCUT2D eigenvalue weighted by molar-refractivity contribution is 7.10. The summed E-state index contributed by atoms with van der Waals surface area (Å²) in [5.74, 6) is -0.779. The number of ketones is 1. The molecule has 2 aliphatic heterocycles. The summed E-state index contributed by atoms with van der Waals surface area (Å²) in [5.41, 5.74) is 3.66. The summed E-state index contributed by atoms with van der Waals surface area (Å²) in [5, 5.41) is 4.27. The van der Waals surface area contributed by atoms with Crippen molar-refractivity contribution >= 4 is 40.1 Å². The molecule has 6 heteroatoms. The molecule has 2 aliphatic rings. The van der Waals surface area contributed by atoms with E-state index in [9.17, 15) is 9.59 Å². The number of carbonyl (C=O) groups is 2. The summed E-state index contributed by atoms with van der Waals surface area (Å²) < 4.78 is 0. The van der Waals surface area contributed by atoms with Gasteiger partial charge in [-0.05, 0) is 41.9 Å². The number of aryl methyl sites for hydroxylation is 1. The number of nitrogens with one attached hydrogen (secondary N) is 1. The first kappa shape index (κ1) is 16.9. The largest absolute Gasteiger partial charge is 0.306 e. The van der Waals surface area contributed by atoms with E-state index in [0.717, 1.165) is 24.2 Å². The normalized spacial score (nSPS) is 21.4. The van der Waals surface area contributed by atoms with Crippen LogP contribution in [0.25, 0.3) is 0 Å². The first-order chi connectivity index (χ1) is 13.1. The zero-order valence-corrected chi connectivity index (χ0v) is 16.5. The molecule has 4 heterocycles. The van der Waals surface area contributed by atoms with Gasteiger partial charge < -0.3 is 4.90 Å². The molecule has 0 fully saturated rings. The fourth-order valence-electron chi connectivity index (χ4n) is 4.20. The number of fused-ring (bicyclic) bond motifs is 2. The van der Waals surface area contributed by atoms with E-state index in [1.54, 1.807) is 16.2 Å². The lowest BCUT2D eigenvalue weighted by Crippen LogP contribution is -3.15. The van der Waals surface area contributed by atoms with Crippen molar-refractivity contribution in [1.29, 1.82) is 0 Å². The summed E-state index contributed by atoms with van der Waals surface area (Å²) in [7, 11) is 0. The summed E-state index contributed by atoms with van der Waals surface area (Å²) in [6.45, 7) is 3.41. The molecule has 1 unspecified atom stereocenters. The van der Waals surface area contributed by atoms with Crippen LogP contribution in [0.5, 0.6) is 0 Å². The second kappa shape index (κ2) is 6.41. The Balaban J connectivity index is 1.52. The monoisotopic (exact) mass is 395 g/mol. The maximum Gasteiger partial charge on any atom is 0.303 e. The second-order valence-corrected chi connectivity index (χ2v) is 9.13. The molecule has 2 aromatic heterocycles. The molecule has 1 N–H and O–H groups in total. The van der Waals surface area contributed by atoms with Gasteiger partial charge in [0.25, 0.3) is 5.78 Å². The number of Topliss-reactive ketones (excluding diaryl/α,β-unsaturated/α-hetero) is 1. The Morgan fingerprint density at radius 1 is 1.15 bits per heavy atom. The third-order valence-electron chi connectivity index (χ3n) is 5.49. The van der Waals surface area contributed by atoms with Gasteiger partial charge in [0.05, 0.1) is 22.7 Å². The Morgan fingerprint density at radius 2 is 2.04 bits per heavy atom. The molecule has 0 radical (unpaired) electrons. The van der Waals surface area contributed by atoms with Crippen molar-refractivity contribution in [2.45, 2.75) is 19.4 Å². The van der Waals surface area contributed by atoms with E-state index in [2.05, 4.69) is 29.0 Å². The van der Waals surface area contributed by atoms with Gasteiger partial charge in [0.1, 0.15) is 0 Å². The molecule has 3 aromatic rings. The Kier molecular flexibility index (Phi) is 4.00. The highest BCUT2D eigenvalue weighted by Crippen LogP contribution is 2.33. The lowest BCUT2D eigenvalue weighted by atomic mass is 9.99. The standard InChI is InChI=1S/C21H18N2O2S2/c1-13-4-5-16-15(11-13)20(24)21(25)23(16)12-22-8-6-17-14(7-10-27-17)19(22)18-3-2-9-26-18/h2-5,7,9-11,19H,6,8,12H2,1H3/p+1/t19-/m0/s1. The number of carbonyl (C=O) groups excluding carboxylic acids is 2. The Bertz CT molecular complexity index is 1040. The number of hydrogen-bond donors (Lipinski definition) is 1. The minimum atomic E-state index is -0.399. The van der Waals surface area contributed by atoms with Crippen LogP contribution in [0.15, 0.2) is 47.2 Å². The lowest BCUT2D eigenvalue weighted by Gasteiger charge is -2.34. The van der Waals surface area contributed by atoms with Gasteiger partial charge in [0.15, 0.2) is 12.7 Å². The first-order valence-electron chi connectivity index (χ1n) is 9.04. The highest BCUT2D eigenvalue weighted by atomic mass is 32.1. The molecule has 0 aliphatic carbocycles. The van der Waals surface area contributed by atoms with Crippen molar-refractivity contribution < 1.29 is 14.5 Å². The Labute approximate surface area is 165 Å². The third kappa shape index (κ3) is 2.67. The van der Waals surface area contributed by atoms with Gasteiger partial charge in [-0.2, -0.15) is 0 Å². The first-order valence-corrected chi connectivity index (χ1v) is 10.8. The smallest absolute Gasteiger partial charge is 0.303 e. The molecule has 5 rings (SSSR count). The van der Waals surface area contributed by atoms with Gasteiger partial charge >= 0.3 is 5.91 Å². The van der Waals surface area contributed by atoms with E-state index in [0.29, 0.717) is 12.2 Å². The summed E-state index contributed by atoms with van der Waals surface area (Å²) >= 11 is 3.58. The minimum Gasteiger partial charge on any atom is -0.306 e. The average Bonchev–Trinajstić information content (AvgIpc) is 3.39. The highest BCUT2D eigenvalue weighted by Gasteiger charge is 2.41. The van der Waals surface area contributed by atoms with Gasteiger partial charge in [-0.1, -0.05) is 17.7 Å². The van der Waals surface area contributed by atoms with Gasteiger partial charge in [0.2, 0.25) is 0 Å². The molecule has 4 nitrogen and oxygen atoms in total. The van der Waals surface area contributed by atoms with Crippen LogP contribution in [0.3, 0.4) is 0 Å². The van der Waals surface area contributed by atoms with Crippen molar-refractivity contribution in [3.63, 3.8) is 0 Å². The van der Waals surface area contributed by atoms with Gasteiger partial charge in [-0.25, -0.2) is 0 Å². The number of rotatable bonds is 3. The molecule has 136 valence electrons. The molecule has 0 saturated carbocycles. The number of nitrogens with zero attached hydrogens (tertiary/aromatic N) is 1. The average molecular weight is 396 g/mol. The molecule has 0 bridgehead atoms. The van der Waals surface area contributed by atoms with E-state index in [-0.39, 0.29) is 11.8 Å². The van der Waals surface area contributed by atoms with E-state index in [1.807, 2.05) is 36.5 Å². The molecule has 27 heavy (non-hydrogen) atoms. The zero-order chi connectivity index (χ0) is 18.5. The SMILES string of the molecule is Cc1ccc2c(c1)C(=O)C(=O)N2C[NH+]1CCc2sccc2[C@H]1c1cccs1. The van der Waals surface area contributed by atoms with Crippen molar-refractivity contribution in [2.24, 2.45) is 0 Å². The van der Waals surface area contributed by atoms with Gasteiger partial charge in [0, 0.05) is 16.9 Å². The molecule has 0 saturated heterocycles. The molecule has 1 amide bonds. The fourth-order valence-corrected chi connectivity index (χ4v) is 6.03. The zero-order valence-electron chi connectivity index (χ0n) is 14.9. The maximum absolute atomic E-state index is 12.7. The van der Waals surface area contributed by atoms with Crippen LogP contribution in [-0.4, -0.2) is 24.9 Å². The summed E-state index contributed by atoms with van der Waals surface area (Å²) in [4.78, 5) is 30.9. The number of quaternary nitrogens is 1. The van der Waals surface area contributed by atoms with Crippen LogP contribution in [0.1, 0.15) is 37.3 Å². The molecule has 0 spiro atoms. The number of anilines is 1. The maximum atomic E-state index is 12.7. The quantitative estimate of drug-likeness (QED) is 0.693. The lowest BCUT2D eigenvalue weighted by molar-refractivity contribution is -0.926. The predicted molar refractivity (Wildman–Crippen MR) is 108 cm³/mol. The molecular formula is C21H19N2O2S2+. The van der Waals surface area contributed by atoms with Crippen molar-refractivity contribution in [1.82, 2.24) is 0 Å². The third-order valence-corrected chi connectivity index (χ3v) is 7.42. The van der Waals surface area contributed by atoms with Crippen LogP contribution in [0.4, 0.5) is 5.69 Å². The topological polar surface area (TPSA) is 41.8 Å². The number of hydrogen-bond acceptors (Lipinski definition) is 4. The Morgan fingerprint density at radius 3 is 2.85 bits per heavy atom. The van der Waals surface area contributed by atoms with Crippen molar-refractivity contribution in [3.05, 3.63) is 73.6 Å². The van der Waals surface area contributed by atoms with Crippen LogP contribution in [0.2, 0.25) is 0 Å². The molecular weight excluding hydrogens is 376 g/mol. The predicted octanol–water partition coefficient (Wildman–Crippen LogP) is 2.84. The van der Waals surface area contributed by atoms with E-state index < -0.39 is 5.91 Å². The van der Waals surface area contributed by atoms with Crippen LogP contribution >= 0.6 is 22.7 Å². The molecule has 2 atom stereocenters. The van der Waals surface area contributed by atoms with E-state index in [1.165, 1.54) is 20.2 Å². The Hall–Kier alpha value is -2.28. The fraction of sp³-hybridized carbons (Fsp3) is 0.238. The number of benzene rings is 1. The van der Waals surface area contributed by atoms with Gasteiger partial charge in [-0.3, -0.25) is 14.5 Å². The number of thiophene rings is 2. The van der Waals surface area contributed by atoms with Crippen molar-refractivity contribution in [2.75, 3.05) is 18.1 Å². The van der Waals surface area contributed by atoms with Crippen LogP contribution in [-0.2, 0) is 11.2 Å². The summed E-state index contributed by atoms with van der Waals surface area (Å²) in [6.07, 6.45) is 1.01. The van der Waals surface area contributed by atoms with Crippen LogP contribution < -0.4 is 9.80 Å². The van der Waals surface area contributed by atoms with E-state index >= 15 is 0 Å². The minimum absolute atomic E-state index is 0.220. The second-order valence-electron chi connectivity index (χ2n) is 7.15. The van der Waals surface area contributed by atoms with Crippen molar-refractivity contribution in [3.8, 4) is 0 Å². The van der Waals surface area contributed by atoms with Gasteiger partial charge in [-0.15, -0.1) is 22.7 Å². The van der Waals surface area contributed by atoms with E-state index in [4.69, 9.17) is 0 Å². The molecule has 1 aromatic carbocycles. The van der Waals surface area contributed by atoms with Crippen LogP contribution in [0, 0.1) is 6.92 Å².